The van der Waals surface area contributed by atoms with Gasteiger partial charge in [0.1, 0.15) is 0 Å². The third kappa shape index (κ3) is 5.96. The molecule has 6 heteroatoms. The number of carbonyl (C=O) groups excluding carboxylic acids is 1. The van der Waals surface area contributed by atoms with Crippen LogP contribution in [0.15, 0.2) is 84.6 Å². The highest BCUT2D eigenvalue weighted by atomic mass is 16.7. The van der Waals surface area contributed by atoms with E-state index in [1.807, 2.05) is 24.0 Å². The van der Waals surface area contributed by atoms with Gasteiger partial charge in [-0.25, -0.2) is 0 Å². The lowest BCUT2D eigenvalue weighted by Crippen LogP contribution is -2.49. The Kier molecular flexibility index (Phi) is 8.51. The molecule has 0 spiro atoms. The lowest BCUT2D eigenvalue weighted by molar-refractivity contribution is -0.171. The molecule has 214 valence electrons. The minimum Gasteiger partial charge on any atom is -0.459 e. The quantitative estimate of drug-likeness (QED) is 0.303. The summed E-state index contributed by atoms with van der Waals surface area (Å²) in [4.78, 5) is 18.1. The average molecular weight is 553 g/mol. The van der Waals surface area contributed by atoms with E-state index in [1.54, 1.807) is 0 Å². The Labute approximate surface area is 243 Å². The molecule has 3 aromatic rings. The number of ether oxygens (including phenoxy) is 2. The van der Waals surface area contributed by atoms with Crippen molar-refractivity contribution < 1.29 is 19.4 Å². The maximum atomic E-state index is 13.8. The summed E-state index contributed by atoms with van der Waals surface area (Å²) in [5, 5.41) is 9.66. The Morgan fingerprint density at radius 1 is 0.951 bits per heavy atom. The number of fused-ring (bicyclic) bond motifs is 3. The Morgan fingerprint density at radius 3 is 2.49 bits per heavy atom. The molecule has 3 aromatic carbocycles. The number of allylic oxidation sites excluding steroid dienone is 1. The molecular weight excluding hydrogens is 512 g/mol. The van der Waals surface area contributed by atoms with Gasteiger partial charge in [-0.05, 0) is 65.6 Å². The topological polar surface area (TPSA) is 62.2 Å². The van der Waals surface area contributed by atoms with Crippen molar-refractivity contribution in [2.45, 2.75) is 44.9 Å². The van der Waals surface area contributed by atoms with Crippen LogP contribution in [0.1, 0.15) is 47.9 Å². The Hall–Kier alpha value is -3.45. The van der Waals surface area contributed by atoms with Crippen LogP contribution in [0.5, 0.6) is 0 Å². The van der Waals surface area contributed by atoms with Crippen molar-refractivity contribution in [1.29, 1.82) is 0 Å². The van der Waals surface area contributed by atoms with E-state index in [1.165, 1.54) is 33.4 Å². The van der Waals surface area contributed by atoms with Gasteiger partial charge in [0.2, 0.25) is 6.29 Å². The van der Waals surface area contributed by atoms with Gasteiger partial charge in [0.05, 0.1) is 0 Å². The van der Waals surface area contributed by atoms with Crippen LogP contribution in [-0.4, -0.2) is 66.5 Å². The van der Waals surface area contributed by atoms with Crippen molar-refractivity contribution in [3.05, 3.63) is 107 Å². The number of rotatable bonds is 9. The molecule has 0 radical (unpaired) electrons. The number of aliphatic hydroxyl groups is 1. The molecular formula is C35H40N2O4. The van der Waals surface area contributed by atoms with Crippen LogP contribution in [0.25, 0.3) is 11.1 Å². The fourth-order valence-electron chi connectivity index (χ4n) is 6.62. The van der Waals surface area contributed by atoms with Gasteiger partial charge in [-0.3, -0.25) is 9.69 Å². The monoisotopic (exact) mass is 552 g/mol. The Morgan fingerprint density at radius 2 is 1.71 bits per heavy atom. The lowest BCUT2D eigenvalue weighted by atomic mass is 9.79. The summed E-state index contributed by atoms with van der Waals surface area (Å²) in [5.74, 6) is 0.282. The molecule has 6 nitrogen and oxygen atoms in total. The van der Waals surface area contributed by atoms with E-state index < -0.39 is 6.29 Å². The van der Waals surface area contributed by atoms with Gasteiger partial charge in [-0.2, -0.15) is 0 Å². The smallest absolute Gasteiger partial charge is 0.288 e. The Balaban J connectivity index is 1.24. The van der Waals surface area contributed by atoms with Crippen molar-refractivity contribution in [2.24, 2.45) is 5.92 Å². The second-order valence-electron chi connectivity index (χ2n) is 11.3. The summed E-state index contributed by atoms with van der Waals surface area (Å²) < 4.78 is 12.4. The lowest BCUT2D eigenvalue weighted by Gasteiger charge is -2.39. The second kappa shape index (κ2) is 12.6. The van der Waals surface area contributed by atoms with Crippen molar-refractivity contribution in [3.8, 4) is 11.1 Å². The van der Waals surface area contributed by atoms with Gasteiger partial charge in [0, 0.05) is 57.8 Å². The van der Waals surface area contributed by atoms with E-state index in [0.717, 1.165) is 32.5 Å². The second-order valence-corrected chi connectivity index (χ2v) is 11.3. The first-order valence-electron chi connectivity index (χ1n) is 15.0. The molecule has 1 aliphatic carbocycles. The van der Waals surface area contributed by atoms with Crippen LogP contribution in [0.2, 0.25) is 0 Å². The normalized spacial score (nSPS) is 22.0. The first kappa shape index (κ1) is 27.7. The molecule has 2 aliphatic heterocycles. The van der Waals surface area contributed by atoms with Crippen molar-refractivity contribution in [3.63, 3.8) is 0 Å². The van der Waals surface area contributed by atoms with Gasteiger partial charge < -0.3 is 19.5 Å². The van der Waals surface area contributed by atoms with E-state index in [9.17, 15) is 9.90 Å². The van der Waals surface area contributed by atoms with E-state index in [0.29, 0.717) is 31.9 Å². The standard InChI is InChI=1S/C35H40N2O4/c1-2-40-35-31(13-8-20-38)32(27-14-15-30-28(22-27)21-26-11-6-7-12-29(26)30)23-33(41-35)34(39)37-18-16-36(17-19-37)24-25-9-4-3-5-10-25/h3-7,9-12,14-15,22-23,31-32,35,38H,2,8,13,16-21,24H2,1H3/t31-,32+,35+/m0/s1. The van der Waals surface area contributed by atoms with Crippen molar-refractivity contribution >= 4 is 5.91 Å². The summed E-state index contributed by atoms with van der Waals surface area (Å²) in [6, 6.07) is 25.8. The van der Waals surface area contributed by atoms with Crippen LogP contribution in [-0.2, 0) is 27.2 Å². The Bertz CT molecular complexity index is 1380. The molecule has 0 saturated carbocycles. The summed E-state index contributed by atoms with van der Waals surface area (Å²) in [6.45, 7) is 6.46. The SMILES string of the molecule is CCO[C@@H]1OC(C(=O)N2CCN(Cc3ccccc3)CC2)=C[C@H](c2ccc3c(c2)Cc2ccccc2-3)[C@@H]1CCCO. The highest BCUT2D eigenvalue weighted by Gasteiger charge is 2.39. The first-order valence-corrected chi connectivity index (χ1v) is 15.0. The number of nitrogens with zero attached hydrogens (tertiary/aromatic N) is 2. The minimum absolute atomic E-state index is 0.00296. The van der Waals surface area contributed by atoms with E-state index in [4.69, 9.17) is 9.47 Å². The molecule has 0 bridgehead atoms. The van der Waals surface area contributed by atoms with Gasteiger partial charge in [-0.15, -0.1) is 0 Å². The molecule has 2 heterocycles. The minimum atomic E-state index is -0.537. The number of aliphatic hydroxyl groups excluding tert-OH is 1. The molecule has 1 N–H and O–H groups in total. The molecule has 1 saturated heterocycles. The third-order valence-electron chi connectivity index (χ3n) is 8.73. The number of carbonyl (C=O) groups is 1. The maximum absolute atomic E-state index is 13.8. The molecule has 0 aromatic heterocycles. The fourth-order valence-corrected chi connectivity index (χ4v) is 6.62. The highest BCUT2D eigenvalue weighted by Crippen LogP contribution is 2.43. The van der Waals surface area contributed by atoms with E-state index in [-0.39, 0.29) is 24.3 Å². The fraction of sp³-hybridized carbons (Fsp3) is 0.400. The molecule has 41 heavy (non-hydrogen) atoms. The number of benzene rings is 3. The molecule has 1 fully saturated rings. The summed E-state index contributed by atoms with van der Waals surface area (Å²) in [5.41, 5.74) is 7.74. The molecule has 3 atom stereocenters. The number of hydrogen-bond acceptors (Lipinski definition) is 5. The van der Waals surface area contributed by atoms with Crippen LogP contribution >= 0.6 is 0 Å². The number of amides is 1. The van der Waals surface area contributed by atoms with Crippen molar-refractivity contribution in [2.75, 3.05) is 39.4 Å². The molecule has 0 unspecified atom stereocenters. The zero-order valence-corrected chi connectivity index (χ0v) is 23.9. The van der Waals surface area contributed by atoms with Crippen LogP contribution < -0.4 is 0 Å². The van der Waals surface area contributed by atoms with Crippen LogP contribution in [0.3, 0.4) is 0 Å². The summed E-state index contributed by atoms with van der Waals surface area (Å²) >= 11 is 0. The van der Waals surface area contributed by atoms with Gasteiger partial charge in [-0.1, -0.05) is 72.8 Å². The van der Waals surface area contributed by atoms with Crippen LogP contribution in [0, 0.1) is 5.92 Å². The van der Waals surface area contributed by atoms with Crippen LogP contribution in [0.4, 0.5) is 0 Å². The van der Waals surface area contributed by atoms with Gasteiger partial charge in [0.25, 0.3) is 5.91 Å². The predicted octanol–water partition coefficient (Wildman–Crippen LogP) is 5.35. The van der Waals surface area contributed by atoms with E-state index >= 15 is 0 Å². The number of piperazine rings is 1. The van der Waals surface area contributed by atoms with E-state index in [2.05, 4.69) is 71.6 Å². The highest BCUT2D eigenvalue weighted by molar-refractivity contribution is 5.92. The molecule has 3 aliphatic rings. The largest absolute Gasteiger partial charge is 0.459 e. The third-order valence-corrected chi connectivity index (χ3v) is 8.73. The number of hydrogen-bond donors (Lipinski definition) is 1. The summed E-state index contributed by atoms with van der Waals surface area (Å²) in [7, 11) is 0. The summed E-state index contributed by atoms with van der Waals surface area (Å²) in [6.07, 6.45) is 3.82. The zero-order chi connectivity index (χ0) is 28.2. The average Bonchev–Trinajstić information content (AvgIpc) is 3.39. The first-order chi connectivity index (χ1) is 20.1. The predicted molar refractivity (Wildman–Crippen MR) is 160 cm³/mol. The van der Waals surface area contributed by atoms with Crippen molar-refractivity contribution in [1.82, 2.24) is 9.80 Å². The van der Waals surface area contributed by atoms with Gasteiger partial charge >= 0.3 is 0 Å². The molecule has 1 amide bonds. The van der Waals surface area contributed by atoms with Gasteiger partial charge in [0.15, 0.2) is 5.76 Å². The zero-order valence-electron chi connectivity index (χ0n) is 23.9. The molecule has 6 rings (SSSR count). The maximum Gasteiger partial charge on any atom is 0.288 e.